The number of aliphatic hydroxyl groups is 2. The van der Waals surface area contributed by atoms with Gasteiger partial charge in [0.15, 0.2) is 0 Å². The van der Waals surface area contributed by atoms with Crippen molar-refractivity contribution in [2.45, 2.75) is 257 Å². The van der Waals surface area contributed by atoms with E-state index in [9.17, 15) is 19.8 Å². The third-order valence-electron chi connectivity index (χ3n) is 11.8. The van der Waals surface area contributed by atoms with Gasteiger partial charge in [-0.25, -0.2) is 0 Å². The van der Waals surface area contributed by atoms with E-state index >= 15 is 0 Å². The summed E-state index contributed by atoms with van der Waals surface area (Å²) in [6.07, 6.45) is 68.9. The zero-order chi connectivity index (χ0) is 47.4. The van der Waals surface area contributed by atoms with Crippen molar-refractivity contribution in [2.24, 2.45) is 0 Å². The molecule has 0 spiro atoms. The van der Waals surface area contributed by atoms with Crippen LogP contribution in [0.1, 0.15) is 239 Å². The first-order chi connectivity index (χ1) is 32.0. The molecule has 0 bridgehead atoms. The van der Waals surface area contributed by atoms with Crippen molar-refractivity contribution in [2.75, 3.05) is 6.61 Å². The molecule has 0 aliphatic rings. The second-order valence-corrected chi connectivity index (χ2v) is 18.1. The van der Waals surface area contributed by atoms with Crippen LogP contribution in [-0.2, 0) is 14.3 Å². The molecule has 0 aliphatic carbocycles. The Labute approximate surface area is 401 Å². The van der Waals surface area contributed by atoms with Gasteiger partial charge in [0.05, 0.1) is 25.2 Å². The summed E-state index contributed by atoms with van der Waals surface area (Å²) in [6, 6.07) is -0.727. The molecule has 0 aliphatic heterocycles. The lowest BCUT2D eigenvalue weighted by atomic mass is 10.0. The molecule has 1 amide bonds. The van der Waals surface area contributed by atoms with E-state index in [2.05, 4.69) is 86.8 Å². The minimum atomic E-state index is -0.810. The van der Waals surface area contributed by atoms with Crippen LogP contribution < -0.4 is 5.32 Å². The number of aliphatic hydroxyl groups excluding tert-OH is 2. The van der Waals surface area contributed by atoms with Gasteiger partial charge in [-0.05, 0) is 64.2 Å². The highest BCUT2D eigenvalue weighted by Gasteiger charge is 2.24. The third-order valence-corrected chi connectivity index (χ3v) is 11.8. The standard InChI is InChI=1S/C59H101NO5/c1-4-7-10-13-16-19-22-25-27-29-31-34-36-39-42-45-48-51-57(62)56(54-61)60-58(63)53-55(50-47-44-41-38-35-33-30-28-26-23-20-17-14-11-8-5-2)65-59(64)52-49-46-43-40-37-32-24-21-18-15-12-9-6-3/h9,11-12,14-15,17-18,20-21,23-24,26,28,30,33,35,55-57,61-62H,4-8,10,13,16,19,22,25,27,29,31-32,34,36-54H2,1-3H3,(H,60,63)/b12-9+,14-11+,18-15+,20-17+,24-21-,26-23+,30-28+,35-33+. The lowest BCUT2D eigenvalue weighted by molar-refractivity contribution is -0.151. The average molecular weight is 904 g/mol. The first-order valence-corrected chi connectivity index (χ1v) is 27.1. The van der Waals surface area contributed by atoms with Crippen molar-refractivity contribution >= 4 is 11.9 Å². The van der Waals surface area contributed by atoms with Crippen LogP contribution in [0.4, 0.5) is 0 Å². The number of esters is 1. The predicted octanol–water partition coefficient (Wildman–Crippen LogP) is 16.5. The fourth-order valence-corrected chi connectivity index (χ4v) is 7.75. The van der Waals surface area contributed by atoms with Gasteiger partial charge >= 0.3 is 5.97 Å². The Balaban J connectivity index is 4.66. The van der Waals surface area contributed by atoms with Gasteiger partial charge in [0, 0.05) is 6.42 Å². The molecule has 6 nitrogen and oxygen atoms in total. The van der Waals surface area contributed by atoms with Crippen molar-refractivity contribution in [3.05, 3.63) is 97.2 Å². The average Bonchev–Trinajstić information content (AvgIpc) is 3.30. The molecule has 65 heavy (non-hydrogen) atoms. The fraction of sp³-hybridized carbons (Fsp3) is 0.695. The Morgan fingerprint density at radius 3 is 1.34 bits per heavy atom. The van der Waals surface area contributed by atoms with Crippen molar-refractivity contribution in [3.8, 4) is 0 Å². The number of hydrogen-bond acceptors (Lipinski definition) is 5. The summed E-state index contributed by atoms with van der Waals surface area (Å²) in [6.45, 7) is 6.25. The SMILES string of the molecule is CC/C=C/C=C/C=C\CCCCCCCC(=O)OC(CCCCC/C=C/C=C/C=C/C=C/C=C/CCC)CC(=O)NC(CO)C(O)CCCCCCCCCCCCCCCCCCC. The molecule has 0 aromatic carbocycles. The van der Waals surface area contributed by atoms with E-state index in [0.29, 0.717) is 19.3 Å². The normalized spacial score (nSPS) is 14.0. The van der Waals surface area contributed by atoms with Crippen LogP contribution >= 0.6 is 0 Å². The van der Waals surface area contributed by atoms with Gasteiger partial charge in [-0.15, -0.1) is 0 Å². The van der Waals surface area contributed by atoms with Crippen molar-refractivity contribution in [3.63, 3.8) is 0 Å². The van der Waals surface area contributed by atoms with Crippen LogP contribution in [0.5, 0.6) is 0 Å². The maximum absolute atomic E-state index is 13.2. The van der Waals surface area contributed by atoms with Crippen molar-refractivity contribution in [1.29, 1.82) is 0 Å². The second kappa shape index (κ2) is 51.8. The molecular weight excluding hydrogens is 803 g/mol. The summed E-state index contributed by atoms with van der Waals surface area (Å²) in [5.74, 6) is -0.545. The zero-order valence-electron chi connectivity index (χ0n) is 42.3. The van der Waals surface area contributed by atoms with Crippen molar-refractivity contribution in [1.82, 2.24) is 5.32 Å². The number of ether oxygens (including phenoxy) is 1. The van der Waals surface area contributed by atoms with Crippen molar-refractivity contribution < 1.29 is 24.5 Å². The van der Waals surface area contributed by atoms with E-state index in [1.54, 1.807) is 0 Å². The first kappa shape index (κ1) is 61.8. The molecule has 0 saturated carbocycles. The molecule has 372 valence electrons. The largest absolute Gasteiger partial charge is 0.462 e. The molecule has 0 radical (unpaired) electrons. The molecule has 0 aromatic rings. The van der Waals surface area contributed by atoms with Gasteiger partial charge in [0.2, 0.25) is 5.91 Å². The molecule has 0 heterocycles. The summed E-state index contributed by atoms with van der Waals surface area (Å²) < 4.78 is 5.91. The molecule has 0 aromatic heterocycles. The fourth-order valence-electron chi connectivity index (χ4n) is 7.75. The molecule has 3 atom stereocenters. The highest BCUT2D eigenvalue weighted by Crippen LogP contribution is 2.18. The van der Waals surface area contributed by atoms with Crippen LogP contribution in [-0.4, -0.2) is 46.9 Å². The number of hydrogen-bond donors (Lipinski definition) is 3. The Morgan fingerprint density at radius 1 is 0.462 bits per heavy atom. The van der Waals surface area contributed by atoms with E-state index in [1.165, 1.54) is 96.3 Å². The number of carbonyl (C=O) groups excluding carboxylic acids is 2. The molecule has 0 saturated heterocycles. The zero-order valence-corrected chi connectivity index (χ0v) is 42.3. The molecule has 3 unspecified atom stereocenters. The lowest BCUT2D eigenvalue weighted by Gasteiger charge is -2.24. The minimum absolute atomic E-state index is 0.0358. The highest BCUT2D eigenvalue weighted by atomic mass is 16.5. The summed E-state index contributed by atoms with van der Waals surface area (Å²) in [4.78, 5) is 26.2. The molecule has 3 N–H and O–H groups in total. The quantitative estimate of drug-likeness (QED) is 0.0321. The number of carbonyl (C=O) groups is 2. The van der Waals surface area contributed by atoms with Gasteiger partial charge in [-0.3, -0.25) is 9.59 Å². The number of allylic oxidation sites excluding steroid dienone is 16. The van der Waals surface area contributed by atoms with E-state index < -0.39 is 18.2 Å². The van der Waals surface area contributed by atoms with Gasteiger partial charge in [-0.1, -0.05) is 259 Å². The first-order valence-electron chi connectivity index (χ1n) is 27.1. The van der Waals surface area contributed by atoms with Crippen LogP contribution in [0.3, 0.4) is 0 Å². The van der Waals surface area contributed by atoms with Crippen LogP contribution in [0.25, 0.3) is 0 Å². The maximum Gasteiger partial charge on any atom is 0.306 e. The molecule has 0 fully saturated rings. The van der Waals surface area contributed by atoms with Crippen LogP contribution in [0, 0.1) is 0 Å². The molecular formula is C59H101NO5. The van der Waals surface area contributed by atoms with Gasteiger partial charge in [0.25, 0.3) is 0 Å². The van der Waals surface area contributed by atoms with Gasteiger partial charge in [-0.2, -0.15) is 0 Å². The minimum Gasteiger partial charge on any atom is -0.462 e. The van der Waals surface area contributed by atoms with Gasteiger partial charge < -0.3 is 20.3 Å². The summed E-state index contributed by atoms with van der Waals surface area (Å²) >= 11 is 0. The topological polar surface area (TPSA) is 95.9 Å². The molecule has 0 rings (SSSR count). The summed E-state index contributed by atoms with van der Waals surface area (Å²) in [5.41, 5.74) is 0. The molecule has 6 heteroatoms. The maximum atomic E-state index is 13.2. The Hall–Kier alpha value is -3.22. The van der Waals surface area contributed by atoms with E-state index in [-0.39, 0.29) is 24.9 Å². The van der Waals surface area contributed by atoms with Crippen LogP contribution in [0.2, 0.25) is 0 Å². The Kier molecular flexibility index (Phi) is 49.2. The Bertz CT molecular complexity index is 1290. The van der Waals surface area contributed by atoms with E-state index in [1.807, 2.05) is 36.5 Å². The highest BCUT2D eigenvalue weighted by molar-refractivity contribution is 5.77. The smallest absolute Gasteiger partial charge is 0.306 e. The second-order valence-electron chi connectivity index (χ2n) is 18.1. The number of nitrogens with one attached hydrogen (secondary N) is 1. The van der Waals surface area contributed by atoms with E-state index in [4.69, 9.17) is 4.74 Å². The predicted molar refractivity (Wildman–Crippen MR) is 282 cm³/mol. The summed E-state index contributed by atoms with van der Waals surface area (Å²) in [7, 11) is 0. The Morgan fingerprint density at radius 2 is 0.862 bits per heavy atom. The lowest BCUT2D eigenvalue weighted by Crippen LogP contribution is -2.46. The summed E-state index contributed by atoms with van der Waals surface area (Å²) in [5, 5.41) is 23.8. The number of rotatable bonds is 47. The number of unbranched alkanes of at least 4 members (excludes halogenated alkanes) is 25. The van der Waals surface area contributed by atoms with E-state index in [0.717, 1.165) is 96.3 Å². The van der Waals surface area contributed by atoms with Crippen LogP contribution in [0.15, 0.2) is 97.2 Å². The third kappa shape index (κ3) is 47.1. The van der Waals surface area contributed by atoms with Gasteiger partial charge in [0.1, 0.15) is 6.10 Å². The monoisotopic (exact) mass is 904 g/mol. The number of amides is 1.